The number of nitrogens with zero attached hydrogens (tertiary/aromatic N) is 1. The highest BCUT2D eigenvalue weighted by molar-refractivity contribution is 7.87. The van der Waals surface area contributed by atoms with Gasteiger partial charge >= 0.3 is 15.6 Å². The third-order valence-corrected chi connectivity index (χ3v) is 3.94. The van der Waals surface area contributed by atoms with Crippen LogP contribution in [-0.2, 0) is 10.1 Å². The summed E-state index contributed by atoms with van der Waals surface area (Å²) in [4.78, 5) is 3.52. The molecule has 1 aromatic carbocycles. The first-order chi connectivity index (χ1) is 9.12. The van der Waals surface area contributed by atoms with Gasteiger partial charge in [-0.3, -0.25) is 0 Å². The predicted octanol–water partition coefficient (Wildman–Crippen LogP) is 3.43. The van der Waals surface area contributed by atoms with Gasteiger partial charge in [0, 0.05) is 17.6 Å². The summed E-state index contributed by atoms with van der Waals surface area (Å²) in [6, 6.07) is 4.29. The molecule has 0 amide bonds. The number of aromatic nitrogens is 1. The fourth-order valence-corrected chi connectivity index (χ4v) is 2.11. The van der Waals surface area contributed by atoms with E-state index in [9.17, 15) is 21.6 Å². The van der Waals surface area contributed by atoms with Crippen LogP contribution in [0.2, 0.25) is 5.02 Å². The predicted molar refractivity (Wildman–Crippen MR) is 67.1 cm³/mol. The zero-order valence-electron chi connectivity index (χ0n) is 9.90. The van der Waals surface area contributed by atoms with E-state index in [1.165, 1.54) is 0 Å². The first kappa shape index (κ1) is 14.9. The van der Waals surface area contributed by atoms with Crippen molar-refractivity contribution in [2.24, 2.45) is 0 Å². The number of fused-ring (bicyclic) bond motifs is 1. The second-order valence-corrected chi connectivity index (χ2v) is 5.84. The monoisotopic (exact) mass is 325 g/mol. The van der Waals surface area contributed by atoms with E-state index in [0.29, 0.717) is 15.8 Å². The molecule has 0 atom stereocenters. The summed E-state index contributed by atoms with van der Waals surface area (Å²) in [6.07, 6.45) is 1.16. The van der Waals surface area contributed by atoms with Crippen molar-refractivity contribution in [2.75, 3.05) is 0 Å². The summed E-state index contributed by atoms with van der Waals surface area (Å²) in [5.41, 5.74) is -4.74. The largest absolute Gasteiger partial charge is 0.534 e. The number of benzene rings is 1. The van der Waals surface area contributed by atoms with Gasteiger partial charge in [0.1, 0.15) is 0 Å². The summed E-state index contributed by atoms with van der Waals surface area (Å²) in [5, 5.41) is 1.30. The lowest BCUT2D eigenvalue weighted by atomic mass is 10.1. The summed E-state index contributed by atoms with van der Waals surface area (Å²) >= 11 is 6.00. The Bertz CT molecular complexity index is 774. The second kappa shape index (κ2) is 4.78. The van der Waals surface area contributed by atoms with Crippen LogP contribution in [0, 0.1) is 6.92 Å². The fourth-order valence-electron chi connectivity index (χ4n) is 1.48. The van der Waals surface area contributed by atoms with Crippen molar-refractivity contribution in [3.63, 3.8) is 0 Å². The Morgan fingerprint density at radius 1 is 1.30 bits per heavy atom. The molecule has 1 heterocycles. The third-order valence-electron chi connectivity index (χ3n) is 2.49. The molecule has 0 radical (unpaired) electrons. The van der Waals surface area contributed by atoms with Crippen molar-refractivity contribution >= 4 is 32.5 Å². The number of rotatable bonds is 2. The Labute approximate surface area is 117 Å². The van der Waals surface area contributed by atoms with Crippen LogP contribution in [0.5, 0.6) is 5.88 Å². The minimum atomic E-state index is -5.73. The first-order valence-corrected chi connectivity index (χ1v) is 6.96. The van der Waals surface area contributed by atoms with E-state index in [2.05, 4.69) is 9.17 Å². The maximum Gasteiger partial charge on any atom is 0.534 e. The molecule has 2 rings (SSSR count). The second-order valence-electron chi connectivity index (χ2n) is 3.92. The number of pyridine rings is 1. The highest BCUT2D eigenvalue weighted by atomic mass is 35.5. The molecular formula is C11H7ClF3NO3S. The average Bonchev–Trinajstić information content (AvgIpc) is 2.32. The van der Waals surface area contributed by atoms with Gasteiger partial charge in [0.15, 0.2) is 0 Å². The molecule has 0 unspecified atom stereocenters. The zero-order chi connectivity index (χ0) is 15.1. The molecule has 0 saturated heterocycles. The van der Waals surface area contributed by atoms with Crippen molar-refractivity contribution < 1.29 is 25.8 Å². The smallest absolute Gasteiger partial charge is 0.355 e. The van der Waals surface area contributed by atoms with Gasteiger partial charge in [0.05, 0.1) is 5.02 Å². The van der Waals surface area contributed by atoms with Crippen molar-refractivity contribution in [3.05, 3.63) is 35.0 Å². The highest BCUT2D eigenvalue weighted by Gasteiger charge is 2.48. The van der Waals surface area contributed by atoms with Crippen molar-refractivity contribution in [3.8, 4) is 5.88 Å². The molecule has 108 valence electrons. The van der Waals surface area contributed by atoms with Crippen LogP contribution in [0.15, 0.2) is 24.4 Å². The van der Waals surface area contributed by atoms with Crippen LogP contribution in [-0.4, -0.2) is 18.9 Å². The minimum absolute atomic E-state index is 0.389. The van der Waals surface area contributed by atoms with Gasteiger partial charge < -0.3 is 4.18 Å². The van der Waals surface area contributed by atoms with Gasteiger partial charge in [-0.2, -0.15) is 21.6 Å². The van der Waals surface area contributed by atoms with Crippen LogP contribution < -0.4 is 4.18 Å². The lowest BCUT2D eigenvalue weighted by molar-refractivity contribution is -0.0501. The average molecular weight is 326 g/mol. The standard InChI is InChI=1S/C11H7ClF3NO3S/c1-6-2-3-7-4-9(16-5-8(7)10(6)12)19-20(17,18)11(13,14)15/h2-5H,1H3. The van der Waals surface area contributed by atoms with Crippen molar-refractivity contribution in [1.82, 2.24) is 4.98 Å². The minimum Gasteiger partial charge on any atom is -0.355 e. The maximum absolute atomic E-state index is 12.2. The van der Waals surface area contributed by atoms with E-state index in [4.69, 9.17) is 11.6 Å². The molecule has 0 N–H and O–H groups in total. The Morgan fingerprint density at radius 3 is 2.55 bits per heavy atom. The quantitative estimate of drug-likeness (QED) is 0.627. The number of hydrogen-bond acceptors (Lipinski definition) is 4. The van der Waals surface area contributed by atoms with Crippen molar-refractivity contribution in [1.29, 1.82) is 0 Å². The molecule has 9 heteroatoms. The van der Waals surface area contributed by atoms with Crippen LogP contribution >= 0.6 is 11.6 Å². The molecule has 1 aromatic heterocycles. The number of alkyl halides is 3. The van der Waals surface area contributed by atoms with E-state index in [-0.39, 0.29) is 0 Å². The van der Waals surface area contributed by atoms with Gasteiger partial charge in [-0.25, -0.2) is 4.98 Å². The number of hydrogen-bond donors (Lipinski definition) is 0. The van der Waals surface area contributed by atoms with Crippen LogP contribution in [0.4, 0.5) is 13.2 Å². The fraction of sp³-hybridized carbons (Fsp3) is 0.182. The topological polar surface area (TPSA) is 56.3 Å². The SMILES string of the molecule is Cc1ccc2cc(OS(=O)(=O)C(F)(F)F)ncc2c1Cl. The molecule has 0 spiro atoms. The molecule has 0 aliphatic carbocycles. The Morgan fingerprint density at radius 2 is 1.95 bits per heavy atom. The molecule has 2 aromatic rings. The molecule has 0 aliphatic heterocycles. The van der Waals surface area contributed by atoms with E-state index in [0.717, 1.165) is 17.8 Å². The van der Waals surface area contributed by atoms with Gasteiger partial charge in [0.2, 0.25) is 5.88 Å². The highest BCUT2D eigenvalue weighted by Crippen LogP contribution is 2.30. The molecular weight excluding hydrogens is 319 g/mol. The third kappa shape index (κ3) is 2.66. The van der Waals surface area contributed by atoms with E-state index in [1.54, 1.807) is 19.1 Å². The molecule has 20 heavy (non-hydrogen) atoms. The van der Waals surface area contributed by atoms with Crippen LogP contribution in [0.1, 0.15) is 5.56 Å². The van der Waals surface area contributed by atoms with E-state index < -0.39 is 21.5 Å². The number of halogens is 4. The molecule has 0 aliphatic rings. The Kier molecular flexibility index (Phi) is 3.55. The lowest BCUT2D eigenvalue weighted by Gasteiger charge is -2.09. The van der Waals surface area contributed by atoms with E-state index in [1.807, 2.05) is 0 Å². The number of aryl methyl sites for hydroxylation is 1. The van der Waals surface area contributed by atoms with Gasteiger partial charge in [0.25, 0.3) is 0 Å². The molecule has 0 fully saturated rings. The lowest BCUT2D eigenvalue weighted by Crippen LogP contribution is -2.28. The van der Waals surface area contributed by atoms with Gasteiger partial charge in [-0.05, 0) is 17.9 Å². The molecule has 4 nitrogen and oxygen atoms in total. The molecule has 0 bridgehead atoms. The van der Waals surface area contributed by atoms with Crippen LogP contribution in [0.25, 0.3) is 10.8 Å². The summed E-state index contributed by atoms with van der Waals surface area (Å²) in [7, 11) is -5.73. The van der Waals surface area contributed by atoms with Gasteiger partial charge in [-0.1, -0.05) is 23.7 Å². The van der Waals surface area contributed by atoms with Crippen LogP contribution in [0.3, 0.4) is 0 Å². The molecule has 0 saturated carbocycles. The first-order valence-electron chi connectivity index (χ1n) is 5.17. The van der Waals surface area contributed by atoms with E-state index >= 15 is 0 Å². The maximum atomic E-state index is 12.2. The summed E-state index contributed by atoms with van der Waals surface area (Å²) < 4.78 is 62.2. The zero-order valence-corrected chi connectivity index (χ0v) is 11.5. The van der Waals surface area contributed by atoms with Gasteiger partial charge in [-0.15, -0.1) is 0 Å². The normalized spacial score (nSPS) is 12.7. The Hall–Kier alpha value is -1.54. The summed E-state index contributed by atoms with van der Waals surface area (Å²) in [6.45, 7) is 1.75. The summed E-state index contributed by atoms with van der Waals surface area (Å²) in [5.74, 6) is -0.672. The Balaban J connectivity index is 2.47. The van der Waals surface area contributed by atoms with Crippen molar-refractivity contribution in [2.45, 2.75) is 12.4 Å².